The maximum atomic E-state index is 12.9. The molecule has 7 nitrogen and oxygen atoms in total. The molecule has 2 heterocycles. The number of thioether (sulfide) groups is 1. The molecule has 3 aromatic rings. The van der Waals surface area contributed by atoms with Gasteiger partial charge in [0, 0.05) is 24.1 Å². The number of methoxy groups -OCH3 is 1. The molecule has 0 aliphatic carbocycles. The summed E-state index contributed by atoms with van der Waals surface area (Å²) in [5.41, 5.74) is 5.95. The van der Waals surface area contributed by atoms with Gasteiger partial charge in [-0.3, -0.25) is 4.79 Å². The number of nitrogens with zero attached hydrogens (tertiary/aromatic N) is 5. The number of tetrazole rings is 1. The Morgan fingerprint density at radius 3 is 2.66 bits per heavy atom. The smallest absolute Gasteiger partial charge is 0.214 e. The predicted octanol–water partition coefficient (Wildman–Crippen LogP) is 3.88. The highest BCUT2D eigenvalue weighted by Gasteiger charge is 2.20. The van der Waals surface area contributed by atoms with Crippen LogP contribution in [-0.2, 0) is 4.74 Å². The Morgan fingerprint density at radius 1 is 1.21 bits per heavy atom. The van der Waals surface area contributed by atoms with E-state index in [1.165, 1.54) is 17.3 Å². The Morgan fingerprint density at radius 2 is 1.97 bits per heavy atom. The van der Waals surface area contributed by atoms with Crippen LogP contribution < -0.4 is 0 Å². The highest BCUT2D eigenvalue weighted by atomic mass is 32.2. The number of Topliss-reactive ketones (excluding diaryl/α,β-unsaturated/α-hetero) is 1. The second-order valence-electron chi connectivity index (χ2n) is 7.33. The van der Waals surface area contributed by atoms with Gasteiger partial charge in [-0.25, -0.2) is 0 Å². The lowest BCUT2D eigenvalue weighted by Crippen LogP contribution is -2.15. The van der Waals surface area contributed by atoms with Crippen LogP contribution in [0.2, 0.25) is 0 Å². The molecule has 0 amide bonds. The number of ketones is 1. The molecule has 0 fully saturated rings. The lowest BCUT2D eigenvalue weighted by Gasteiger charge is -2.17. The van der Waals surface area contributed by atoms with Crippen molar-refractivity contribution < 1.29 is 9.53 Å². The normalized spacial score (nSPS) is 12.3. The van der Waals surface area contributed by atoms with Crippen LogP contribution >= 0.6 is 11.8 Å². The molecule has 29 heavy (non-hydrogen) atoms. The number of carbonyl (C=O) groups is 1. The fourth-order valence-corrected chi connectivity index (χ4v) is 4.49. The van der Waals surface area contributed by atoms with E-state index in [9.17, 15) is 4.79 Å². The average Bonchev–Trinajstić information content (AvgIpc) is 3.24. The third-order valence-electron chi connectivity index (χ3n) is 4.99. The summed E-state index contributed by atoms with van der Waals surface area (Å²) in [4.78, 5) is 12.9. The molecular weight excluding hydrogens is 386 g/mol. The number of hydrogen-bond donors (Lipinski definition) is 0. The molecule has 3 rings (SSSR count). The number of hydrogen-bond acceptors (Lipinski definition) is 6. The molecule has 0 N–H and O–H groups in total. The molecule has 1 atom stereocenters. The summed E-state index contributed by atoms with van der Waals surface area (Å²) in [6, 6.07) is 8.24. The van der Waals surface area contributed by atoms with Crippen LogP contribution in [0.15, 0.2) is 29.4 Å². The van der Waals surface area contributed by atoms with Crippen molar-refractivity contribution in [3.05, 3.63) is 52.3 Å². The van der Waals surface area contributed by atoms with Gasteiger partial charge < -0.3 is 9.30 Å². The van der Waals surface area contributed by atoms with Crippen LogP contribution in [0.25, 0.3) is 5.69 Å². The van der Waals surface area contributed by atoms with Gasteiger partial charge in [0.05, 0.1) is 24.1 Å². The molecular formula is C21H27N5O2S. The van der Waals surface area contributed by atoms with Crippen molar-refractivity contribution in [1.29, 1.82) is 0 Å². The number of benzene rings is 1. The van der Waals surface area contributed by atoms with Crippen molar-refractivity contribution in [1.82, 2.24) is 24.8 Å². The summed E-state index contributed by atoms with van der Waals surface area (Å²) in [5, 5.41) is 12.6. The van der Waals surface area contributed by atoms with Gasteiger partial charge in [-0.1, -0.05) is 29.5 Å². The zero-order valence-corrected chi connectivity index (χ0v) is 18.6. The second kappa shape index (κ2) is 8.92. The van der Waals surface area contributed by atoms with Gasteiger partial charge in [0.2, 0.25) is 5.16 Å². The molecule has 0 saturated carbocycles. The van der Waals surface area contributed by atoms with E-state index in [2.05, 4.69) is 40.0 Å². The minimum atomic E-state index is 0.0640. The lowest BCUT2D eigenvalue weighted by molar-refractivity contribution is 0.102. The standard InChI is InChI=1S/C21H27N5O2S/c1-13-7-8-19(14(2)9-13)26-21(22-23-24-26)29-12-20(27)18-10-15(3)25(17(18)5)16(4)11-28-6/h7-10,16H,11-12H2,1-6H3. The maximum absolute atomic E-state index is 12.9. The Kier molecular flexibility index (Phi) is 6.54. The van der Waals surface area contributed by atoms with Gasteiger partial charge in [-0.2, -0.15) is 4.68 Å². The molecule has 0 bridgehead atoms. The molecule has 154 valence electrons. The van der Waals surface area contributed by atoms with E-state index >= 15 is 0 Å². The van der Waals surface area contributed by atoms with Gasteiger partial charge in [0.1, 0.15) is 0 Å². The molecule has 0 aliphatic rings. The van der Waals surface area contributed by atoms with Crippen LogP contribution in [0.3, 0.4) is 0 Å². The summed E-state index contributed by atoms with van der Waals surface area (Å²) in [5.74, 6) is 0.336. The summed E-state index contributed by atoms with van der Waals surface area (Å²) < 4.78 is 9.12. The number of aryl methyl sites for hydroxylation is 3. The van der Waals surface area contributed by atoms with Gasteiger partial charge >= 0.3 is 0 Å². The Labute approximate surface area is 175 Å². The molecule has 1 unspecified atom stereocenters. The van der Waals surface area contributed by atoms with E-state index in [0.717, 1.165) is 28.2 Å². The summed E-state index contributed by atoms with van der Waals surface area (Å²) in [6.07, 6.45) is 0. The van der Waals surface area contributed by atoms with E-state index in [1.807, 2.05) is 39.0 Å². The van der Waals surface area contributed by atoms with Crippen molar-refractivity contribution in [3.63, 3.8) is 0 Å². The van der Waals surface area contributed by atoms with Gasteiger partial charge in [-0.15, -0.1) is 5.10 Å². The number of ether oxygens (including phenoxy) is 1. The van der Waals surface area contributed by atoms with E-state index in [0.29, 0.717) is 11.8 Å². The van der Waals surface area contributed by atoms with Crippen molar-refractivity contribution in [2.24, 2.45) is 0 Å². The monoisotopic (exact) mass is 413 g/mol. The molecule has 0 aliphatic heterocycles. The van der Waals surface area contributed by atoms with Crippen LogP contribution in [-0.4, -0.2) is 50.0 Å². The maximum Gasteiger partial charge on any atom is 0.214 e. The first-order valence-electron chi connectivity index (χ1n) is 9.52. The highest BCUT2D eigenvalue weighted by molar-refractivity contribution is 7.99. The van der Waals surface area contributed by atoms with E-state index in [4.69, 9.17) is 4.74 Å². The van der Waals surface area contributed by atoms with Crippen LogP contribution in [0.5, 0.6) is 0 Å². The minimum absolute atomic E-state index is 0.0640. The minimum Gasteiger partial charge on any atom is -0.383 e. The second-order valence-corrected chi connectivity index (χ2v) is 8.28. The topological polar surface area (TPSA) is 74.8 Å². The SMILES string of the molecule is COCC(C)n1c(C)cc(C(=O)CSc2nnnn2-c2ccc(C)cc2C)c1C. The first-order chi connectivity index (χ1) is 13.8. The lowest BCUT2D eigenvalue weighted by atomic mass is 10.1. The van der Waals surface area contributed by atoms with E-state index in [-0.39, 0.29) is 17.6 Å². The van der Waals surface area contributed by atoms with E-state index < -0.39 is 0 Å². The summed E-state index contributed by atoms with van der Waals surface area (Å²) >= 11 is 1.35. The zero-order valence-electron chi connectivity index (χ0n) is 17.8. The number of carbonyl (C=O) groups excluding carboxylic acids is 1. The van der Waals surface area contributed by atoms with Crippen LogP contribution in [0, 0.1) is 27.7 Å². The Hall–Kier alpha value is -2.45. The zero-order chi connectivity index (χ0) is 21.1. The highest BCUT2D eigenvalue weighted by Crippen LogP contribution is 2.25. The van der Waals surface area contributed by atoms with E-state index in [1.54, 1.807) is 11.8 Å². The van der Waals surface area contributed by atoms with Crippen LogP contribution in [0.1, 0.15) is 45.8 Å². The van der Waals surface area contributed by atoms with Crippen molar-refractivity contribution in [2.75, 3.05) is 19.5 Å². The quantitative estimate of drug-likeness (QED) is 0.412. The Balaban J connectivity index is 1.78. The average molecular weight is 414 g/mol. The fourth-order valence-electron chi connectivity index (χ4n) is 3.72. The summed E-state index contributed by atoms with van der Waals surface area (Å²) in [6.45, 7) is 10.8. The van der Waals surface area contributed by atoms with Gasteiger partial charge in [0.25, 0.3) is 0 Å². The van der Waals surface area contributed by atoms with Crippen molar-refractivity contribution in [2.45, 2.75) is 45.8 Å². The fraction of sp³-hybridized carbons (Fsp3) is 0.429. The number of aromatic nitrogens is 5. The molecule has 2 aromatic heterocycles. The first kappa shape index (κ1) is 21.3. The summed E-state index contributed by atoms with van der Waals surface area (Å²) in [7, 11) is 1.69. The van der Waals surface area contributed by atoms with Crippen molar-refractivity contribution >= 4 is 17.5 Å². The molecule has 1 aromatic carbocycles. The predicted molar refractivity (Wildman–Crippen MR) is 114 cm³/mol. The van der Waals surface area contributed by atoms with Crippen LogP contribution in [0.4, 0.5) is 0 Å². The third kappa shape index (κ3) is 4.43. The van der Waals surface area contributed by atoms with Gasteiger partial charge in [0.15, 0.2) is 5.78 Å². The van der Waals surface area contributed by atoms with Gasteiger partial charge in [-0.05, 0) is 62.7 Å². The third-order valence-corrected chi connectivity index (χ3v) is 5.91. The number of rotatable bonds is 8. The Bertz CT molecular complexity index is 1020. The molecule has 8 heteroatoms. The first-order valence-corrected chi connectivity index (χ1v) is 10.5. The largest absolute Gasteiger partial charge is 0.383 e. The molecule has 0 saturated heterocycles. The van der Waals surface area contributed by atoms with Crippen molar-refractivity contribution in [3.8, 4) is 5.69 Å². The molecule has 0 radical (unpaired) electrons. The molecule has 0 spiro atoms.